The maximum atomic E-state index is 4.35. The Bertz CT molecular complexity index is 804. The van der Waals surface area contributed by atoms with Crippen molar-refractivity contribution in [3.8, 4) is 0 Å². The molecule has 1 atom stereocenters. The summed E-state index contributed by atoms with van der Waals surface area (Å²) in [6.07, 6.45) is 3.91. The molecule has 2 rings (SSSR count). The first kappa shape index (κ1) is 29.0. The molecule has 0 amide bonds. The molecule has 2 aromatic heterocycles. The van der Waals surface area contributed by atoms with Crippen molar-refractivity contribution in [1.82, 2.24) is 29.9 Å². The molecule has 0 saturated carbocycles. The Morgan fingerprint density at radius 2 is 1.00 bits per heavy atom. The van der Waals surface area contributed by atoms with Gasteiger partial charge in [-0.2, -0.15) is 29.9 Å². The van der Waals surface area contributed by atoms with Crippen molar-refractivity contribution < 1.29 is 0 Å². The van der Waals surface area contributed by atoms with Gasteiger partial charge in [0.15, 0.2) is 10.3 Å². The lowest BCUT2D eigenvalue weighted by atomic mass is 10.1. The van der Waals surface area contributed by atoms with Crippen molar-refractivity contribution in [2.45, 2.75) is 83.8 Å². The van der Waals surface area contributed by atoms with Crippen molar-refractivity contribution in [1.29, 1.82) is 0 Å². The highest BCUT2D eigenvalue weighted by molar-refractivity contribution is 7.98. The van der Waals surface area contributed by atoms with Gasteiger partial charge in [0, 0.05) is 24.7 Å². The molecule has 0 aliphatic carbocycles. The predicted octanol–water partition coefficient (Wildman–Crippen LogP) is 4.72. The minimum absolute atomic E-state index is 0.309. The molecule has 0 fully saturated rings. The number of aromatic nitrogens is 6. The van der Waals surface area contributed by atoms with Gasteiger partial charge in [-0.15, -0.1) is 0 Å². The Balaban J connectivity index is 0.000000331. The monoisotopic (exact) mass is 496 g/mol. The molecular formula is C21H40N10S2. The highest BCUT2D eigenvalue weighted by Crippen LogP contribution is 2.16. The summed E-state index contributed by atoms with van der Waals surface area (Å²) in [6.45, 7) is 17.5. The fourth-order valence-electron chi connectivity index (χ4n) is 2.21. The summed E-state index contributed by atoms with van der Waals surface area (Å²) < 4.78 is 0. The first-order valence-corrected chi connectivity index (χ1v) is 13.7. The average molecular weight is 497 g/mol. The van der Waals surface area contributed by atoms with E-state index in [1.165, 1.54) is 23.5 Å². The van der Waals surface area contributed by atoms with Crippen molar-refractivity contribution in [2.24, 2.45) is 5.92 Å². The van der Waals surface area contributed by atoms with E-state index in [4.69, 9.17) is 0 Å². The summed E-state index contributed by atoms with van der Waals surface area (Å²) in [5.74, 6) is 3.05. The summed E-state index contributed by atoms with van der Waals surface area (Å²) >= 11 is 3.03. The van der Waals surface area contributed by atoms with Crippen molar-refractivity contribution in [3.05, 3.63) is 0 Å². The average Bonchev–Trinajstić information content (AvgIpc) is 2.72. The minimum Gasteiger partial charge on any atom is -0.354 e. The van der Waals surface area contributed by atoms with Crippen molar-refractivity contribution in [3.63, 3.8) is 0 Å². The summed E-state index contributed by atoms with van der Waals surface area (Å²) in [5, 5.41) is 14.2. The first-order valence-electron chi connectivity index (χ1n) is 11.2. The van der Waals surface area contributed by atoms with E-state index in [-0.39, 0.29) is 0 Å². The van der Waals surface area contributed by atoms with E-state index in [2.05, 4.69) is 99.6 Å². The number of rotatable bonds is 11. The van der Waals surface area contributed by atoms with Crippen LogP contribution in [0.15, 0.2) is 10.3 Å². The lowest BCUT2D eigenvalue weighted by molar-refractivity contribution is 0.555. The molecule has 12 heteroatoms. The van der Waals surface area contributed by atoms with E-state index in [0.29, 0.717) is 47.8 Å². The van der Waals surface area contributed by atoms with Gasteiger partial charge in [0.05, 0.1) is 0 Å². The van der Waals surface area contributed by atoms with Gasteiger partial charge in [-0.25, -0.2) is 0 Å². The summed E-state index contributed by atoms with van der Waals surface area (Å²) in [6, 6.07) is 0.953. The zero-order valence-electron chi connectivity index (χ0n) is 21.5. The molecule has 4 N–H and O–H groups in total. The first-order chi connectivity index (χ1) is 15.6. The van der Waals surface area contributed by atoms with E-state index in [9.17, 15) is 0 Å². The van der Waals surface area contributed by atoms with Gasteiger partial charge in [0.25, 0.3) is 0 Å². The molecule has 10 nitrogen and oxygen atoms in total. The number of anilines is 4. The summed E-state index contributed by atoms with van der Waals surface area (Å²) in [7, 11) is 0. The lowest BCUT2D eigenvalue weighted by Crippen LogP contribution is -2.23. The molecule has 0 aromatic carbocycles. The Labute approximate surface area is 207 Å². The van der Waals surface area contributed by atoms with Crippen molar-refractivity contribution in [2.75, 3.05) is 40.3 Å². The maximum absolute atomic E-state index is 4.35. The Morgan fingerprint density at radius 3 is 1.36 bits per heavy atom. The van der Waals surface area contributed by atoms with Crippen LogP contribution in [0.1, 0.15) is 55.4 Å². The number of nitrogens with zero attached hydrogens (tertiary/aromatic N) is 6. The zero-order valence-corrected chi connectivity index (χ0v) is 23.1. The van der Waals surface area contributed by atoms with Crippen LogP contribution in [0.5, 0.6) is 0 Å². The molecule has 33 heavy (non-hydrogen) atoms. The molecular weight excluding hydrogens is 456 g/mol. The van der Waals surface area contributed by atoms with E-state index >= 15 is 0 Å². The second kappa shape index (κ2) is 14.9. The molecule has 1 unspecified atom stereocenters. The highest BCUT2D eigenvalue weighted by Gasteiger charge is 2.11. The van der Waals surface area contributed by atoms with Crippen LogP contribution in [-0.4, -0.2) is 67.1 Å². The Morgan fingerprint density at radius 1 is 0.606 bits per heavy atom. The predicted molar refractivity (Wildman–Crippen MR) is 143 cm³/mol. The van der Waals surface area contributed by atoms with Crippen LogP contribution in [0.25, 0.3) is 0 Å². The third-order valence-electron chi connectivity index (χ3n) is 4.12. The van der Waals surface area contributed by atoms with E-state index in [1.807, 2.05) is 19.4 Å². The van der Waals surface area contributed by atoms with E-state index in [0.717, 1.165) is 16.9 Å². The quantitative estimate of drug-likeness (QED) is 0.322. The van der Waals surface area contributed by atoms with E-state index in [1.54, 1.807) is 0 Å². The SMILES string of the molecule is CCNc1nc(NC(C)C(C)C)nc(SC)n1.CSc1nc(NC(C)C)nc(NC(C)C)n1. The molecule has 0 bridgehead atoms. The van der Waals surface area contributed by atoms with Crippen LogP contribution in [-0.2, 0) is 0 Å². The number of hydrogen-bond donors (Lipinski definition) is 4. The largest absolute Gasteiger partial charge is 0.354 e. The maximum Gasteiger partial charge on any atom is 0.228 e. The number of nitrogens with one attached hydrogen (secondary N) is 4. The minimum atomic E-state index is 0.309. The second-order valence-corrected chi connectivity index (χ2v) is 9.79. The smallest absolute Gasteiger partial charge is 0.228 e. The summed E-state index contributed by atoms with van der Waals surface area (Å²) in [4.78, 5) is 25.8. The number of hydrogen-bond acceptors (Lipinski definition) is 12. The Kier molecular flexibility index (Phi) is 13.1. The van der Waals surface area contributed by atoms with Crippen LogP contribution in [0.3, 0.4) is 0 Å². The van der Waals surface area contributed by atoms with E-state index < -0.39 is 0 Å². The Hall–Kier alpha value is -2.08. The van der Waals surface area contributed by atoms with Gasteiger partial charge < -0.3 is 21.3 Å². The molecule has 186 valence electrons. The van der Waals surface area contributed by atoms with Crippen molar-refractivity contribution >= 4 is 47.3 Å². The fourth-order valence-corrected chi connectivity index (χ4v) is 2.92. The van der Waals surface area contributed by atoms with Crippen LogP contribution in [0, 0.1) is 5.92 Å². The highest BCUT2D eigenvalue weighted by atomic mass is 32.2. The van der Waals surface area contributed by atoms with Crippen LogP contribution >= 0.6 is 23.5 Å². The molecule has 0 aliphatic heterocycles. The van der Waals surface area contributed by atoms with Gasteiger partial charge in [-0.1, -0.05) is 37.4 Å². The topological polar surface area (TPSA) is 125 Å². The normalized spacial score (nSPS) is 11.8. The number of thioether (sulfide) groups is 2. The molecule has 0 spiro atoms. The molecule has 2 aromatic rings. The third-order valence-corrected chi connectivity index (χ3v) is 5.22. The fraction of sp³-hybridized carbons (Fsp3) is 0.714. The second-order valence-electron chi connectivity index (χ2n) is 8.24. The van der Waals surface area contributed by atoms with Crippen LogP contribution in [0.2, 0.25) is 0 Å². The molecule has 0 saturated heterocycles. The molecule has 0 aliphatic rings. The standard InChI is InChI=1S/C11H21N5S.C10H19N5S/c1-6-12-9-14-10(13-8(4)7(2)3)16-11(15-9)17-5;1-6(2)11-8-13-9(12-7(3)4)15-10(14-8)16-5/h7-8H,6H2,1-5H3,(H2,12,13,14,15,16);6-7H,1-5H3,(H2,11,12,13,14,15). The van der Waals surface area contributed by atoms with Gasteiger partial charge in [-0.3, -0.25) is 0 Å². The molecule has 2 heterocycles. The van der Waals surface area contributed by atoms with Crippen LogP contribution < -0.4 is 21.3 Å². The van der Waals surface area contributed by atoms with Gasteiger partial charge in [-0.05, 0) is 60.0 Å². The van der Waals surface area contributed by atoms with Gasteiger partial charge in [0.2, 0.25) is 23.8 Å². The van der Waals surface area contributed by atoms with Crippen LogP contribution in [0.4, 0.5) is 23.8 Å². The molecule has 0 radical (unpaired) electrons. The third kappa shape index (κ3) is 11.6. The van der Waals surface area contributed by atoms with Gasteiger partial charge >= 0.3 is 0 Å². The summed E-state index contributed by atoms with van der Waals surface area (Å²) in [5.41, 5.74) is 0. The zero-order chi connectivity index (χ0) is 25.0. The lowest BCUT2D eigenvalue weighted by Gasteiger charge is -2.17. The van der Waals surface area contributed by atoms with Gasteiger partial charge in [0.1, 0.15) is 0 Å².